The van der Waals surface area contributed by atoms with Crippen LogP contribution in [0.25, 0.3) is 10.9 Å². The maximum Gasteiger partial charge on any atom is 0.410 e. The molecule has 1 amide bonds. The smallest absolute Gasteiger partial charge is 0.410 e. The molecule has 3 aromatic rings. The Kier molecular flexibility index (Phi) is 5.91. The summed E-state index contributed by atoms with van der Waals surface area (Å²) in [5.74, 6) is -1.60. The van der Waals surface area contributed by atoms with Crippen LogP contribution >= 0.6 is 0 Å². The zero-order valence-electron chi connectivity index (χ0n) is 19.0. The second-order valence-corrected chi connectivity index (χ2v) is 9.15. The molecule has 3 atom stereocenters. The molecule has 174 valence electrons. The van der Waals surface area contributed by atoms with Crippen molar-refractivity contribution < 1.29 is 19.4 Å². The number of aromatic nitrogens is 2. The minimum atomic E-state index is -1.60. The summed E-state index contributed by atoms with van der Waals surface area (Å²) < 4.78 is 12.9. The van der Waals surface area contributed by atoms with Crippen LogP contribution in [0.3, 0.4) is 0 Å². The second kappa shape index (κ2) is 8.89. The fourth-order valence-corrected chi connectivity index (χ4v) is 4.90. The van der Waals surface area contributed by atoms with Crippen LogP contribution in [0.15, 0.2) is 53.6 Å². The summed E-state index contributed by atoms with van der Waals surface area (Å²) in [7, 11) is 5.93. The Morgan fingerprint density at radius 3 is 2.91 bits per heavy atom. The van der Waals surface area contributed by atoms with Gasteiger partial charge in [-0.3, -0.25) is 9.36 Å². The Balaban J connectivity index is 1.32. The summed E-state index contributed by atoms with van der Waals surface area (Å²) in [5, 5.41) is 11.7. The van der Waals surface area contributed by atoms with E-state index in [0.29, 0.717) is 22.9 Å². The summed E-state index contributed by atoms with van der Waals surface area (Å²) in [5.41, 5.74) is 2.49. The number of fused-ring (bicyclic) bond motifs is 2. The van der Waals surface area contributed by atoms with Crippen molar-refractivity contribution in [3.63, 3.8) is 0 Å². The third-order valence-corrected chi connectivity index (χ3v) is 6.68. The van der Waals surface area contributed by atoms with Crippen LogP contribution in [-0.2, 0) is 22.6 Å². The number of ether oxygens (including phenoxy) is 2. The number of piperidine rings is 1. The van der Waals surface area contributed by atoms with E-state index in [2.05, 4.69) is 4.98 Å². The molecule has 3 heterocycles. The van der Waals surface area contributed by atoms with E-state index >= 15 is 0 Å². The van der Waals surface area contributed by atoms with Crippen molar-refractivity contribution in [2.45, 2.75) is 57.3 Å². The number of rotatable bonds is 4. The lowest BCUT2D eigenvalue weighted by Gasteiger charge is -2.35. The monoisotopic (exact) mass is 459 g/mol. The van der Waals surface area contributed by atoms with E-state index in [-0.39, 0.29) is 37.3 Å². The van der Waals surface area contributed by atoms with E-state index in [1.807, 2.05) is 37.3 Å². The molecule has 2 saturated heterocycles. The van der Waals surface area contributed by atoms with Crippen molar-refractivity contribution in [2.24, 2.45) is 0 Å². The number of benzene rings is 2. The van der Waals surface area contributed by atoms with E-state index in [1.54, 1.807) is 17.0 Å². The van der Waals surface area contributed by atoms with Gasteiger partial charge in [-0.1, -0.05) is 41.4 Å². The van der Waals surface area contributed by atoms with Gasteiger partial charge in [0.2, 0.25) is 0 Å². The first-order valence-electron chi connectivity index (χ1n) is 11.5. The van der Waals surface area contributed by atoms with Gasteiger partial charge in [-0.15, -0.1) is 0 Å². The largest absolute Gasteiger partial charge is 0.445 e. The molecule has 2 aromatic carbocycles. The topological polar surface area (TPSA) is 93.9 Å². The van der Waals surface area contributed by atoms with Crippen molar-refractivity contribution in [1.82, 2.24) is 14.5 Å². The van der Waals surface area contributed by atoms with Crippen LogP contribution in [0, 0.1) is 6.92 Å². The fraction of sp³-hybridized carbons (Fsp3) is 0.400. The zero-order valence-corrected chi connectivity index (χ0v) is 19.0. The second-order valence-electron chi connectivity index (χ2n) is 9.15. The number of carbonyl (C=O) groups excluding carboxylic acids is 1. The Bertz CT molecular complexity index is 1280. The average molecular weight is 459 g/mol. The maximum atomic E-state index is 13.1. The van der Waals surface area contributed by atoms with E-state index in [0.717, 1.165) is 24.0 Å². The van der Waals surface area contributed by atoms with Crippen molar-refractivity contribution in [1.29, 1.82) is 0 Å². The number of hydrogen-bond donors (Lipinski definition) is 1. The molecular formula is C25H26BN3O5. The van der Waals surface area contributed by atoms with Crippen molar-refractivity contribution in [2.75, 3.05) is 6.54 Å². The summed E-state index contributed by atoms with van der Waals surface area (Å²) in [6, 6.07) is 12.5. The molecule has 1 N–H and O–H groups in total. The van der Waals surface area contributed by atoms with Gasteiger partial charge in [-0.2, -0.15) is 0 Å². The number of aryl methyl sites for hydroxylation is 1. The van der Waals surface area contributed by atoms with Gasteiger partial charge in [0.25, 0.3) is 5.56 Å². The highest BCUT2D eigenvalue weighted by atomic mass is 16.6. The van der Waals surface area contributed by atoms with Gasteiger partial charge in [0.05, 0.1) is 35.9 Å². The molecule has 0 spiro atoms. The molecular weight excluding hydrogens is 433 g/mol. The lowest BCUT2D eigenvalue weighted by atomic mass is 9.90. The third-order valence-electron chi connectivity index (χ3n) is 6.68. The van der Waals surface area contributed by atoms with Crippen LogP contribution < -0.4 is 11.0 Å². The first-order chi connectivity index (χ1) is 16.3. The zero-order chi connectivity index (χ0) is 23.9. The normalized spacial score (nSPS) is 24.2. The highest BCUT2D eigenvalue weighted by molar-refractivity contribution is 6.34. The lowest BCUT2D eigenvalue weighted by Crippen LogP contribution is -2.49. The van der Waals surface area contributed by atoms with Crippen LogP contribution in [-0.4, -0.2) is 58.0 Å². The van der Waals surface area contributed by atoms with Gasteiger partial charge in [0, 0.05) is 13.0 Å². The molecule has 1 aromatic heterocycles. The van der Waals surface area contributed by atoms with E-state index < -0.39 is 11.9 Å². The van der Waals surface area contributed by atoms with E-state index in [1.165, 1.54) is 10.9 Å². The maximum absolute atomic E-state index is 13.1. The molecule has 2 aliphatic heterocycles. The Labute approximate surface area is 198 Å². The minimum absolute atomic E-state index is 0.0852. The molecule has 34 heavy (non-hydrogen) atoms. The van der Waals surface area contributed by atoms with Gasteiger partial charge in [-0.25, -0.2) is 9.78 Å². The summed E-state index contributed by atoms with van der Waals surface area (Å²) in [4.78, 5) is 31.9. The minimum Gasteiger partial charge on any atom is -0.445 e. The van der Waals surface area contributed by atoms with Crippen LogP contribution in [0.4, 0.5) is 4.79 Å². The predicted octanol–water partition coefficient (Wildman–Crippen LogP) is 1.78. The van der Waals surface area contributed by atoms with Gasteiger partial charge in [-0.05, 0) is 37.5 Å². The molecule has 2 radical (unpaired) electrons. The summed E-state index contributed by atoms with van der Waals surface area (Å²) in [6.07, 6.45) is 2.30. The van der Waals surface area contributed by atoms with E-state index in [4.69, 9.17) is 17.3 Å². The summed E-state index contributed by atoms with van der Waals surface area (Å²) in [6.45, 7) is 2.46. The van der Waals surface area contributed by atoms with Gasteiger partial charge < -0.3 is 19.5 Å². The Morgan fingerprint density at radius 1 is 1.32 bits per heavy atom. The Hall–Kier alpha value is -3.17. The molecule has 0 bridgehead atoms. The molecule has 2 aliphatic rings. The van der Waals surface area contributed by atoms with Crippen molar-refractivity contribution >= 4 is 30.3 Å². The van der Waals surface area contributed by atoms with Crippen LogP contribution in [0.2, 0.25) is 0 Å². The predicted molar refractivity (Wildman–Crippen MR) is 127 cm³/mol. The molecule has 0 saturated carbocycles. The molecule has 2 fully saturated rings. The van der Waals surface area contributed by atoms with Crippen LogP contribution in [0.1, 0.15) is 30.4 Å². The highest BCUT2D eigenvalue weighted by Gasteiger charge is 2.50. The fourth-order valence-electron chi connectivity index (χ4n) is 4.90. The molecule has 1 unspecified atom stereocenters. The number of amides is 1. The number of hydrogen-bond acceptors (Lipinski definition) is 6. The molecule has 5 rings (SSSR count). The van der Waals surface area contributed by atoms with Crippen LogP contribution in [0.5, 0.6) is 0 Å². The number of carbonyl (C=O) groups is 1. The first-order valence-corrected chi connectivity index (χ1v) is 11.5. The van der Waals surface area contributed by atoms with E-state index in [9.17, 15) is 14.7 Å². The molecule has 0 aliphatic carbocycles. The quantitative estimate of drug-likeness (QED) is 0.598. The number of nitrogens with zero attached hydrogens (tertiary/aromatic N) is 3. The Morgan fingerprint density at radius 2 is 2.12 bits per heavy atom. The first kappa shape index (κ1) is 22.6. The number of likely N-dealkylation sites (tertiary alicyclic amines) is 1. The lowest BCUT2D eigenvalue weighted by molar-refractivity contribution is -0.202. The average Bonchev–Trinajstić information content (AvgIpc) is 3.17. The van der Waals surface area contributed by atoms with Crippen molar-refractivity contribution in [3.05, 3.63) is 70.3 Å². The molecule has 9 heteroatoms. The highest BCUT2D eigenvalue weighted by Crippen LogP contribution is 2.38. The van der Waals surface area contributed by atoms with Gasteiger partial charge in [0.1, 0.15) is 14.5 Å². The number of aliphatic hydroxyl groups is 1. The molecule has 8 nitrogen and oxygen atoms in total. The van der Waals surface area contributed by atoms with Gasteiger partial charge >= 0.3 is 6.09 Å². The SMILES string of the molecule is [B]c1cc2ncn(CC3(O)C[C@@H]4[C@H](CCCN4C(=O)OCc4ccccc4)O3)c(=O)c2cc1C. The third kappa shape index (κ3) is 4.33. The summed E-state index contributed by atoms with van der Waals surface area (Å²) >= 11 is 0. The van der Waals surface area contributed by atoms with Gasteiger partial charge in [0.15, 0.2) is 5.79 Å². The standard InChI is InChI=1S/C25H26BN3O5/c1-16-10-18-20(11-19(16)26)27-15-28(23(18)30)14-25(32)12-21-22(34-25)8-5-9-29(21)24(31)33-13-17-6-3-2-4-7-17/h2-4,6-7,10-11,15,21-22,32H,5,8-9,12-14H2,1H3/t21-,22+,25?/m1/s1. The van der Waals surface area contributed by atoms with Crippen molar-refractivity contribution in [3.8, 4) is 0 Å².